The maximum atomic E-state index is 4.66. The van der Waals surface area contributed by atoms with Crippen LogP contribution in [0.25, 0.3) is 0 Å². The first-order chi connectivity index (χ1) is 9.90. The topological polar surface area (TPSA) is 22.6 Å². The van der Waals surface area contributed by atoms with Gasteiger partial charge >= 0.3 is 0 Å². The lowest BCUT2D eigenvalue weighted by molar-refractivity contribution is 0.400. The molecule has 0 aliphatic heterocycles. The van der Waals surface area contributed by atoms with Crippen molar-refractivity contribution in [2.75, 3.05) is 61.9 Å². The summed E-state index contributed by atoms with van der Waals surface area (Å²) in [6.45, 7) is 3.22. The number of hydrogen-bond donors (Lipinski definition) is 0. The molecule has 21 heavy (non-hydrogen) atoms. The van der Waals surface area contributed by atoms with E-state index in [1.807, 2.05) is 6.20 Å². The largest absolute Gasteiger partial charge is 0.309 e. The summed E-state index contributed by atoms with van der Waals surface area (Å²) in [4.78, 5) is 11.4. The van der Waals surface area contributed by atoms with Gasteiger partial charge in [0.25, 0.3) is 0 Å². The molecule has 0 amide bonds. The SMILES string of the molecule is CN(C)CCc1ccnc(CCN(C)C)c1CCN(C)C. The molecule has 1 aromatic heterocycles. The van der Waals surface area contributed by atoms with Gasteiger partial charge in [-0.2, -0.15) is 0 Å². The summed E-state index contributed by atoms with van der Waals surface area (Å²) in [6.07, 6.45) is 5.21. The molecule has 0 N–H and O–H groups in total. The van der Waals surface area contributed by atoms with Gasteiger partial charge in [-0.3, -0.25) is 4.98 Å². The minimum absolute atomic E-state index is 1.03. The highest BCUT2D eigenvalue weighted by atomic mass is 15.1. The van der Waals surface area contributed by atoms with E-state index in [-0.39, 0.29) is 0 Å². The van der Waals surface area contributed by atoms with Crippen LogP contribution >= 0.6 is 0 Å². The van der Waals surface area contributed by atoms with E-state index in [4.69, 9.17) is 0 Å². The third kappa shape index (κ3) is 7.02. The van der Waals surface area contributed by atoms with Gasteiger partial charge in [0.05, 0.1) is 0 Å². The Morgan fingerprint density at radius 2 is 1.29 bits per heavy atom. The third-order valence-corrected chi connectivity index (χ3v) is 3.68. The van der Waals surface area contributed by atoms with E-state index in [1.165, 1.54) is 16.8 Å². The molecule has 120 valence electrons. The summed E-state index contributed by atoms with van der Waals surface area (Å²) in [6, 6.07) is 2.20. The molecule has 1 aromatic rings. The molecule has 0 spiro atoms. The van der Waals surface area contributed by atoms with Crippen LogP contribution in [0, 0.1) is 0 Å². The maximum absolute atomic E-state index is 4.66. The van der Waals surface area contributed by atoms with Crippen LogP contribution in [-0.2, 0) is 19.3 Å². The summed E-state index contributed by atoms with van der Waals surface area (Å²) in [5.41, 5.74) is 4.21. The van der Waals surface area contributed by atoms with Crippen LogP contribution in [0.4, 0.5) is 0 Å². The molecule has 0 radical (unpaired) electrons. The average molecular weight is 292 g/mol. The fraction of sp³-hybridized carbons (Fsp3) is 0.706. The number of likely N-dealkylation sites (N-methyl/N-ethyl adjacent to an activating group) is 3. The van der Waals surface area contributed by atoms with Crippen LogP contribution in [0.3, 0.4) is 0 Å². The van der Waals surface area contributed by atoms with Crippen molar-refractivity contribution < 1.29 is 0 Å². The quantitative estimate of drug-likeness (QED) is 0.686. The summed E-state index contributed by atoms with van der Waals surface area (Å²) >= 11 is 0. The van der Waals surface area contributed by atoms with Gasteiger partial charge in [0, 0.05) is 37.9 Å². The molecule has 4 nitrogen and oxygen atoms in total. The Hall–Kier alpha value is -0.970. The minimum atomic E-state index is 1.03. The smallest absolute Gasteiger partial charge is 0.0451 e. The minimum Gasteiger partial charge on any atom is -0.309 e. The van der Waals surface area contributed by atoms with Crippen LogP contribution in [0.1, 0.15) is 16.8 Å². The molecule has 0 bridgehead atoms. The van der Waals surface area contributed by atoms with Crippen LogP contribution in [0.2, 0.25) is 0 Å². The van der Waals surface area contributed by atoms with E-state index in [9.17, 15) is 0 Å². The fourth-order valence-corrected chi connectivity index (χ4v) is 2.34. The van der Waals surface area contributed by atoms with Crippen LogP contribution in [0.5, 0.6) is 0 Å². The summed E-state index contributed by atoms with van der Waals surface area (Å²) in [7, 11) is 12.8. The van der Waals surface area contributed by atoms with Crippen LogP contribution in [-0.4, -0.2) is 81.6 Å². The second kappa shape index (κ2) is 9.13. The van der Waals surface area contributed by atoms with Gasteiger partial charge < -0.3 is 14.7 Å². The maximum Gasteiger partial charge on any atom is 0.0451 e. The molecular formula is C17H32N4. The van der Waals surface area contributed by atoms with Gasteiger partial charge in [0.1, 0.15) is 0 Å². The zero-order chi connectivity index (χ0) is 15.8. The van der Waals surface area contributed by atoms with Crippen molar-refractivity contribution in [3.63, 3.8) is 0 Å². The Morgan fingerprint density at radius 1 is 0.762 bits per heavy atom. The Labute approximate surface area is 130 Å². The average Bonchev–Trinajstić information content (AvgIpc) is 2.40. The van der Waals surface area contributed by atoms with E-state index in [0.717, 1.165) is 38.9 Å². The molecule has 1 heterocycles. The lowest BCUT2D eigenvalue weighted by Crippen LogP contribution is -2.21. The van der Waals surface area contributed by atoms with Crippen molar-refractivity contribution in [3.05, 3.63) is 29.1 Å². The summed E-state index contributed by atoms with van der Waals surface area (Å²) in [5, 5.41) is 0. The van der Waals surface area contributed by atoms with Crippen molar-refractivity contribution in [1.82, 2.24) is 19.7 Å². The molecule has 0 saturated carbocycles. The number of pyridine rings is 1. The van der Waals surface area contributed by atoms with Gasteiger partial charge in [0.2, 0.25) is 0 Å². The van der Waals surface area contributed by atoms with Gasteiger partial charge in [0.15, 0.2) is 0 Å². The predicted molar refractivity (Wildman–Crippen MR) is 91.0 cm³/mol. The standard InChI is InChI=1S/C17H32N4/c1-19(2)12-8-15-7-11-18-17(10-14-21(5)6)16(15)9-13-20(3)4/h7,11H,8-10,12-14H2,1-6H3. The zero-order valence-electron chi connectivity index (χ0n) is 14.7. The molecule has 0 saturated heterocycles. The molecule has 0 fully saturated rings. The number of aromatic nitrogens is 1. The highest BCUT2D eigenvalue weighted by molar-refractivity contribution is 5.31. The van der Waals surface area contributed by atoms with Crippen LogP contribution in [0.15, 0.2) is 12.3 Å². The predicted octanol–water partition coefficient (Wildman–Crippen LogP) is 1.39. The zero-order valence-corrected chi connectivity index (χ0v) is 14.7. The fourth-order valence-electron chi connectivity index (χ4n) is 2.34. The van der Waals surface area contributed by atoms with E-state index in [1.54, 1.807) is 0 Å². The summed E-state index contributed by atoms with van der Waals surface area (Å²) in [5.74, 6) is 0. The Morgan fingerprint density at radius 3 is 1.86 bits per heavy atom. The highest BCUT2D eigenvalue weighted by Gasteiger charge is 2.11. The Balaban J connectivity index is 2.90. The van der Waals surface area contributed by atoms with E-state index in [2.05, 4.69) is 68.0 Å². The normalized spacial score (nSPS) is 11.9. The Bertz CT molecular complexity index is 383. The first kappa shape index (κ1) is 18.1. The molecule has 0 aliphatic rings. The van der Waals surface area contributed by atoms with E-state index >= 15 is 0 Å². The summed E-state index contributed by atoms with van der Waals surface area (Å²) < 4.78 is 0. The van der Waals surface area contributed by atoms with Gasteiger partial charge in [-0.1, -0.05) is 0 Å². The number of rotatable bonds is 9. The molecule has 1 rings (SSSR count). The van der Waals surface area contributed by atoms with E-state index in [0.29, 0.717) is 0 Å². The van der Waals surface area contributed by atoms with Crippen LogP contribution < -0.4 is 0 Å². The second-order valence-electron chi connectivity index (χ2n) is 6.56. The van der Waals surface area contributed by atoms with Gasteiger partial charge in [-0.05, 0) is 72.3 Å². The van der Waals surface area contributed by atoms with Crippen molar-refractivity contribution in [3.8, 4) is 0 Å². The Kier molecular flexibility index (Phi) is 7.86. The first-order valence-corrected chi connectivity index (χ1v) is 7.80. The molecule has 0 aromatic carbocycles. The van der Waals surface area contributed by atoms with Gasteiger partial charge in [-0.25, -0.2) is 0 Å². The molecule has 0 atom stereocenters. The number of hydrogen-bond acceptors (Lipinski definition) is 4. The van der Waals surface area contributed by atoms with Crippen molar-refractivity contribution in [2.24, 2.45) is 0 Å². The lowest BCUT2D eigenvalue weighted by Gasteiger charge is -2.19. The monoisotopic (exact) mass is 292 g/mol. The lowest BCUT2D eigenvalue weighted by atomic mass is 9.98. The van der Waals surface area contributed by atoms with Crippen molar-refractivity contribution >= 4 is 0 Å². The van der Waals surface area contributed by atoms with E-state index < -0.39 is 0 Å². The molecule has 0 aliphatic carbocycles. The third-order valence-electron chi connectivity index (χ3n) is 3.68. The first-order valence-electron chi connectivity index (χ1n) is 7.80. The van der Waals surface area contributed by atoms with Crippen molar-refractivity contribution in [2.45, 2.75) is 19.3 Å². The molecule has 0 unspecified atom stereocenters. The molecular weight excluding hydrogens is 260 g/mol. The second-order valence-corrected chi connectivity index (χ2v) is 6.56. The molecule has 4 heteroatoms. The van der Waals surface area contributed by atoms with Gasteiger partial charge in [-0.15, -0.1) is 0 Å². The highest BCUT2D eigenvalue weighted by Crippen LogP contribution is 2.16. The number of nitrogens with zero attached hydrogens (tertiary/aromatic N) is 4. The van der Waals surface area contributed by atoms with Crippen molar-refractivity contribution in [1.29, 1.82) is 0 Å².